The summed E-state index contributed by atoms with van der Waals surface area (Å²) in [5, 5.41) is 11.9. The summed E-state index contributed by atoms with van der Waals surface area (Å²) in [4.78, 5) is 11.9. The Morgan fingerprint density at radius 2 is 2.00 bits per heavy atom. The van der Waals surface area contributed by atoms with Gasteiger partial charge in [0.1, 0.15) is 5.75 Å². The molecule has 1 aromatic rings. The van der Waals surface area contributed by atoms with Gasteiger partial charge in [0.25, 0.3) is 5.91 Å². The molecule has 3 N–H and O–H groups in total. The summed E-state index contributed by atoms with van der Waals surface area (Å²) >= 11 is 5.71. The van der Waals surface area contributed by atoms with E-state index in [0.717, 1.165) is 6.26 Å². The van der Waals surface area contributed by atoms with Gasteiger partial charge in [0.15, 0.2) is 0 Å². The first kappa shape index (κ1) is 16.7. The average molecular weight is 321 g/mol. The summed E-state index contributed by atoms with van der Waals surface area (Å²) in [7, 11) is -3.36. The Balaban J connectivity index is 2.69. The van der Waals surface area contributed by atoms with Gasteiger partial charge in [-0.25, -0.2) is 13.1 Å². The van der Waals surface area contributed by atoms with Gasteiger partial charge >= 0.3 is 0 Å². The number of phenols is 1. The minimum absolute atomic E-state index is 0.0752. The molecule has 1 aromatic carbocycles. The lowest BCUT2D eigenvalue weighted by atomic mass is 10.1. The second-order valence-corrected chi connectivity index (χ2v) is 7.26. The van der Waals surface area contributed by atoms with E-state index in [0.29, 0.717) is 0 Å². The van der Waals surface area contributed by atoms with Gasteiger partial charge in [-0.15, -0.1) is 0 Å². The lowest BCUT2D eigenvalue weighted by Crippen LogP contribution is -2.51. The fourth-order valence-corrected chi connectivity index (χ4v) is 2.85. The van der Waals surface area contributed by atoms with Crippen molar-refractivity contribution in [2.75, 3.05) is 12.8 Å². The van der Waals surface area contributed by atoms with E-state index in [1.165, 1.54) is 18.2 Å². The van der Waals surface area contributed by atoms with E-state index < -0.39 is 21.5 Å². The molecule has 1 rings (SSSR count). The van der Waals surface area contributed by atoms with Crippen LogP contribution < -0.4 is 10.0 Å². The van der Waals surface area contributed by atoms with Gasteiger partial charge in [0, 0.05) is 17.6 Å². The third kappa shape index (κ3) is 5.36. The first-order chi connectivity index (χ1) is 9.00. The normalized spacial score (nSPS) is 12.2. The van der Waals surface area contributed by atoms with Crippen LogP contribution in [0, 0.1) is 0 Å². The molecule has 0 bridgehead atoms. The largest absolute Gasteiger partial charge is 0.506 e. The number of carbonyl (C=O) groups excluding carboxylic acids is 1. The third-order valence-corrected chi connectivity index (χ3v) is 3.59. The standard InChI is InChI=1S/C12H17ClN2O4S/c1-12(2,15-20(3,18)19)7-14-11(17)8-4-5-10(16)9(13)6-8/h4-6,15-16H,7H2,1-3H3,(H,14,17). The average Bonchev–Trinajstić information content (AvgIpc) is 2.26. The van der Waals surface area contributed by atoms with E-state index in [4.69, 9.17) is 11.6 Å². The molecule has 0 fully saturated rings. The molecule has 20 heavy (non-hydrogen) atoms. The van der Waals surface area contributed by atoms with Crippen molar-refractivity contribution in [2.45, 2.75) is 19.4 Å². The fraction of sp³-hybridized carbons (Fsp3) is 0.417. The highest BCUT2D eigenvalue weighted by Gasteiger charge is 2.23. The smallest absolute Gasteiger partial charge is 0.251 e. The molecule has 0 aliphatic carbocycles. The zero-order valence-electron chi connectivity index (χ0n) is 11.4. The predicted molar refractivity (Wildman–Crippen MR) is 77.5 cm³/mol. The number of phenolic OH excluding ortho intramolecular Hbond substituents is 1. The van der Waals surface area contributed by atoms with Crippen LogP contribution in [0.15, 0.2) is 18.2 Å². The van der Waals surface area contributed by atoms with E-state index in [1.807, 2.05) is 0 Å². The third-order valence-electron chi connectivity index (χ3n) is 2.36. The highest BCUT2D eigenvalue weighted by atomic mass is 35.5. The van der Waals surface area contributed by atoms with Crippen LogP contribution in [0.4, 0.5) is 0 Å². The number of hydrogen-bond acceptors (Lipinski definition) is 4. The molecule has 112 valence electrons. The van der Waals surface area contributed by atoms with E-state index in [-0.39, 0.29) is 22.9 Å². The molecular weight excluding hydrogens is 304 g/mol. The number of hydrogen-bond donors (Lipinski definition) is 3. The van der Waals surface area contributed by atoms with E-state index >= 15 is 0 Å². The van der Waals surface area contributed by atoms with Crippen molar-refractivity contribution < 1.29 is 18.3 Å². The topological polar surface area (TPSA) is 95.5 Å². The second kappa shape index (κ2) is 5.99. The van der Waals surface area contributed by atoms with Crippen LogP contribution in [0.2, 0.25) is 5.02 Å². The Morgan fingerprint density at radius 3 is 2.50 bits per heavy atom. The summed E-state index contributed by atoms with van der Waals surface area (Å²) < 4.78 is 24.8. The number of nitrogens with one attached hydrogen (secondary N) is 2. The molecule has 0 saturated heterocycles. The van der Waals surface area contributed by atoms with Crippen LogP contribution in [0.25, 0.3) is 0 Å². The van der Waals surface area contributed by atoms with E-state index in [2.05, 4.69) is 10.0 Å². The van der Waals surface area contributed by atoms with Gasteiger partial charge in [-0.2, -0.15) is 0 Å². The Kier molecular flexibility index (Phi) is 5.01. The predicted octanol–water partition coefficient (Wildman–Crippen LogP) is 1.10. The maximum absolute atomic E-state index is 11.9. The van der Waals surface area contributed by atoms with Crippen molar-refractivity contribution in [1.82, 2.24) is 10.0 Å². The molecule has 0 radical (unpaired) electrons. The Morgan fingerprint density at radius 1 is 1.40 bits per heavy atom. The fourth-order valence-electron chi connectivity index (χ4n) is 1.59. The van der Waals surface area contributed by atoms with Gasteiger partial charge in [0.2, 0.25) is 10.0 Å². The quantitative estimate of drug-likeness (QED) is 0.757. The summed E-state index contributed by atoms with van der Waals surface area (Å²) in [6.07, 6.45) is 1.05. The van der Waals surface area contributed by atoms with Crippen LogP contribution in [0.1, 0.15) is 24.2 Å². The van der Waals surface area contributed by atoms with Crippen LogP contribution in [-0.4, -0.2) is 37.8 Å². The van der Waals surface area contributed by atoms with Crippen molar-refractivity contribution in [3.8, 4) is 5.75 Å². The van der Waals surface area contributed by atoms with Crippen molar-refractivity contribution in [3.63, 3.8) is 0 Å². The zero-order valence-corrected chi connectivity index (χ0v) is 13.0. The van der Waals surface area contributed by atoms with Gasteiger partial charge in [0.05, 0.1) is 11.3 Å². The maximum atomic E-state index is 11.9. The number of sulfonamides is 1. The van der Waals surface area contributed by atoms with Crippen LogP contribution in [0.5, 0.6) is 5.75 Å². The monoisotopic (exact) mass is 320 g/mol. The molecule has 0 saturated carbocycles. The second-order valence-electron chi connectivity index (χ2n) is 5.11. The molecule has 0 heterocycles. The number of amides is 1. The first-order valence-electron chi connectivity index (χ1n) is 5.76. The number of rotatable bonds is 5. The minimum Gasteiger partial charge on any atom is -0.506 e. The first-order valence-corrected chi connectivity index (χ1v) is 8.03. The molecule has 1 amide bonds. The van der Waals surface area contributed by atoms with Crippen molar-refractivity contribution in [2.24, 2.45) is 0 Å². The van der Waals surface area contributed by atoms with Crippen molar-refractivity contribution >= 4 is 27.5 Å². The van der Waals surface area contributed by atoms with E-state index in [1.54, 1.807) is 13.8 Å². The Bertz CT molecular complexity index is 614. The van der Waals surface area contributed by atoms with Crippen LogP contribution in [-0.2, 0) is 10.0 Å². The summed E-state index contributed by atoms with van der Waals surface area (Å²) in [5.41, 5.74) is -0.535. The molecule has 6 nitrogen and oxygen atoms in total. The summed E-state index contributed by atoms with van der Waals surface area (Å²) in [6.45, 7) is 3.41. The highest BCUT2D eigenvalue weighted by molar-refractivity contribution is 7.88. The zero-order chi connectivity index (χ0) is 15.6. The number of halogens is 1. The van der Waals surface area contributed by atoms with Crippen LogP contribution >= 0.6 is 11.6 Å². The van der Waals surface area contributed by atoms with Crippen molar-refractivity contribution in [1.29, 1.82) is 0 Å². The minimum atomic E-state index is -3.36. The lowest BCUT2D eigenvalue weighted by molar-refractivity contribution is 0.0944. The molecule has 8 heteroatoms. The molecule has 0 unspecified atom stereocenters. The van der Waals surface area contributed by atoms with Crippen molar-refractivity contribution in [3.05, 3.63) is 28.8 Å². The molecule has 0 spiro atoms. The van der Waals surface area contributed by atoms with Gasteiger partial charge in [-0.3, -0.25) is 4.79 Å². The van der Waals surface area contributed by atoms with Crippen LogP contribution in [0.3, 0.4) is 0 Å². The summed E-state index contributed by atoms with van der Waals surface area (Å²) in [6, 6.07) is 4.08. The molecule has 0 atom stereocenters. The SMILES string of the molecule is CC(C)(CNC(=O)c1ccc(O)c(Cl)c1)NS(C)(=O)=O. The summed E-state index contributed by atoms with van der Waals surface area (Å²) in [5.74, 6) is -0.516. The van der Waals surface area contributed by atoms with E-state index in [9.17, 15) is 18.3 Å². The molecule has 0 aliphatic rings. The Labute approximate surface area is 123 Å². The highest BCUT2D eigenvalue weighted by Crippen LogP contribution is 2.23. The van der Waals surface area contributed by atoms with Gasteiger partial charge < -0.3 is 10.4 Å². The van der Waals surface area contributed by atoms with Gasteiger partial charge in [-0.05, 0) is 32.0 Å². The lowest BCUT2D eigenvalue weighted by Gasteiger charge is -2.25. The van der Waals surface area contributed by atoms with Gasteiger partial charge in [-0.1, -0.05) is 11.6 Å². The number of carbonyl (C=O) groups is 1. The number of benzene rings is 1. The molecule has 0 aliphatic heterocycles. The Hall–Kier alpha value is -1.31. The molecular formula is C12H17ClN2O4S. The maximum Gasteiger partial charge on any atom is 0.251 e. The molecule has 0 aromatic heterocycles. The number of aromatic hydroxyl groups is 1.